The molecule has 0 amide bonds. The zero-order chi connectivity index (χ0) is 18.1. The van der Waals surface area contributed by atoms with E-state index in [2.05, 4.69) is 15.3 Å². The lowest BCUT2D eigenvalue weighted by molar-refractivity contribution is 0.0985. The molecule has 1 aromatic carbocycles. The molecule has 0 atom stereocenters. The second-order valence-electron chi connectivity index (χ2n) is 5.94. The first-order valence-corrected chi connectivity index (χ1v) is 8.09. The number of aliphatic hydroxyl groups excluding tert-OH is 1. The Bertz CT molecular complexity index is 961. The summed E-state index contributed by atoms with van der Waals surface area (Å²) in [5.74, 6) is 0.200. The Morgan fingerprint density at radius 3 is 2.96 bits per heavy atom. The number of aliphatic hydroxyl groups is 1. The van der Waals surface area contributed by atoms with E-state index in [4.69, 9.17) is 4.65 Å². The van der Waals surface area contributed by atoms with Crippen LogP contribution in [0.4, 0.5) is 0 Å². The van der Waals surface area contributed by atoms with Gasteiger partial charge in [0, 0.05) is 12.6 Å². The van der Waals surface area contributed by atoms with E-state index < -0.39 is 7.12 Å². The highest BCUT2D eigenvalue weighted by Crippen LogP contribution is 2.16. The fourth-order valence-electron chi connectivity index (χ4n) is 2.97. The van der Waals surface area contributed by atoms with Gasteiger partial charge in [0.25, 0.3) is 0 Å². The highest BCUT2D eigenvalue weighted by molar-refractivity contribution is 6.61. The van der Waals surface area contributed by atoms with Gasteiger partial charge in [-0.1, -0.05) is 29.5 Å². The fourth-order valence-corrected chi connectivity index (χ4v) is 2.97. The number of pyridine rings is 1. The van der Waals surface area contributed by atoms with Crippen molar-refractivity contribution in [2.75, 3.05) is 0 Å². The van der Waals surface area contributed by atoms with E-state index >= 15 is 0 Å². The Balaban J connectivity index is 1.61. The first kappa shape index (κ1) is 16.6. The lowest BCUT2D eigenvalue weighted by Gasteiger charge is -2.05. The van der Waals surface area contributed by atoms with Gasteiger partial charge >= 0.3 is 7.12 Å². The SMILES string of the molecule is O=C(Cc1ccc2c(c1)B(O)OC2)c1nnn(-c2ccccn2)c1CO. The summed E-state index contributed by atoms with van der Waals surface area (Å²) in [5, 5.41) is 27.4. The highest BCUT2D eigenvalue weighted by atomic mass is 16.5. The normalized spacial score (nSPS) is 13.1. The molecule has 26 heavy (non-hydrogen) atoms. The quantitative estimate of drug-likeness (QED) is 0.484. The average Bonchev–Trinajstić information content (AvgIpc) is 3.26. The van der Waals surface area contributed by atoms with Crippen LogP contribution >= 0.6 is 0 Å². The molecular weight excluding hydrogens is 335 g/mol. The number of benzene rings is 1. The van der Waals surface area contributed by atoms with Crippen molar-refractivity contribution < 1.29 is 19.6 Å². The highest BCUT2D eigenvalue weighted by Gasteiger charge is 2.28. The molecule has 0 fully saturated rings. The molecule has 0 radical (unpaired) electrons. The number of Topliss-reactive ketones (excluding diaryl/α,β-unsaturated/α-hetero) is 1. The van der Waals surface area contributed by atoms with Gasteiger partial charge in [-0.05, 0) is 28.7 Å². The predicted molar refractivity (Wildman–Crippen MR) is 91.9 cm³/mol. The van der Waals surface area contributed by atoms with Gasteiger partial charge in [0.05, 0.1) is 13.2 Å². The molecule has 9 heteroatoms. The van der Waals surface area contributed by atoms with Crippen LogP contribution in [0.2, 0.25) is 0 Å². The second-order valence-corrected chi connectivity index (χ2v) is 5.94. The number of nitrogens with zero attached hydrogens (tertiary/aromatic N) is 4. The molecule has 0 spiro atoms. The van der Waals surface area contributed by atoms with Gasteiger partial charge in [-0.2, -0.15) is 4.68 Å². The van der Waals surface area contributed by atoms with Gasteiger partial charge in [-0.3, -0.25) is 4.79 Å². The van der Waals surface area contributed by atoms with Crippen molar-refractivity contribution in [1.82, 2.24) is 20.0 Å². The van der Waals surface area contributed by atoms with E-state index in [-0.39, 0.29) is 24.5 Å². The minimum absolute atomic E-state index is 0.0773. The van der Waals surface area contributed by atoms with Crippen molar-refractivity contribution >= 4 is 18.4 Å². The number of rotatable bonds is 5. The maximum atomic E-state index is 12.7. The summed E-state index contributed by atoms with van der Waals surface area (Å²) in [6.45, 7) is -0.0286. The van der Waals surface area contributed by atoms with Crippen molar-refractivity contribution in [3.63, 3.8) is 0 Å². The van der Waals surface area contributed by atoms with Crippen molar-refractivity contribution in [2.24, 2.45) is 0 Å². The van der Waals surface area contributed by atoms with E-state index in [9.17, 15) is 14.9 Å². The number of hydrogen-bond donors (Lipinski definition) is 2. The van der Waals surface area contributed by atoms with Crippen LogP contribution in [0.3, 0.4) is 0 Å². The first-order valence-electron chi connectivity index (χ1n) is 8.09. The summed E-state index contributed by atoms with van der Waals surface area (Å²) in [5.41, 5.74) is 2.71. The largest absolute Gasteiger partial charge is 0.491 e. The maximum Gasteiger partial charge on any atom is 0.491 e. The van der Waals surface area contributed by atoms with Crippen LogP contribution in [0.1, 0.15) is 27.3 Å². The van der Waals surface area contributed by atoms with E-state index in [1.165, 1.54) is 4.68 Å². The lowest BCUT2D eigenvalue weighted by Crippen LogP contribution is -2.28. The summed E-state index contributed by atoms with van der Waals surface area (Å²) < 4.78 is 6.52. The standard InChI is InChI=1S/C17H15BN4O4/c23-9-14-17(20-21-22(14)16-3-1-2-6-19-16)15(24)8-11-4-5-12-10-26-18(25)13(12)7-11/h1-7,23,25H,8-10H2. The van der Waals surface area contributed by atoms with Crippen LogP contribution in [0.25, 0.3) is 5.82 Å². The van der Waals surface area contributed by atoms with Crippen LogP contribution in [0.5, 0.6) is 0 Å². The molecule has 2 aromatic heterocycles. The van der Waals surface area contributed by atoms with Crippen molar-refractivity contribution in [1.29, 1.82) is 0 Å². The van der Waals surface area contributed by atoms with Gasteiger partial charge in [0.1, 0.15) is 5.69 Å². The Labute approximate surface area is 149 Å². The fraction of sp³-hybridized carbons (Fsp3) is 0.176. The van der Waals surface area contributed by atoms with Crippen LogP contribution in [-0.2, 0) is 24.3 Å². The summed E-state index contributed by atoms with van der Waals surface area (Å²) >= 11 is 0. The van der Waals surface area contributed by atoms with Gasteiger partial charge in [0.2, 0.25) is 0 Å². The molecule has 130 valence electrons. The van der Waals surface area contributed by atoms with E-state index in [1.54, 1.807) is 30.5 Å². The number of hydrogen-bond acceptors (Lipinski definition) is 7. The monoisotopic (exact) mass is 350 g/mol. The third-order valence-electron chi connectivity index (χ3n) is 4.28. The minimum atomic E-state index is -0.960. The number of carbonyl (C=O) groups excluding carboxylic acids is 1. The van der Waals surface area contributed by atoms with Crippen LogP contribution in [0.15, 0.2) is 42.6 Å². The zero-order valence-electron chi connectivity index (χ0n) is 13.7. The van der Waals surface area contributed by atoms with E-state index in [0.29, 0.717) is 23.6 Å². The Hall–Kier alpha value is -2.88. The molecule has 3 heterocycles. The maximum absolute atomic E-state index is 12.7. The topological polar surface area (TPSA) is 110 Å². The third-order valence-corrected chi connectivity index (χ3v) is 4.28. The molecule has 3 aromatic rings. The van der Waals surface area contributed by atoms with Crippen LogP contribution in [-0.4, -0.2) is 43.0 Å². The number of aromatic nitrogens is 4. The Morgan fingerprint density at radius 2 is 2.19 bits per heavy atom. The Kier molecular flexibility index (Phi) is 4.33. The summed E-state index contributed by atoms with van der Waals surface area (Å²) in [6.07, 6.45) is 1.67. The molecule has 0 saturated heterocycles. The molecule has 0 aliphatic carbocycles. The second kappa shape index (κ2) is 6.79. The molecule has 1 aliphatic rings. The van der Waals surface area contributed by atoms with Gasteiger partial charge in [-0.15, -0.1) is 5.10 Å². The summed E-state index contributed by atoms with van der Waals surface area (Å²) in [7, 11) is -0.960. The summed E-state index contributed by atoms with van der Waals surface area (Å²) in [4.78, 5) is 16.8. The average molecular weight is 350 g/mol. The van der Waals surface area contributed by atoms with Gasteiger partial charge in [0.15, 0.2) is 17.3 Å². The van der Waals surface area contributed by atoms with E-state index in [1.807, 2.05) is 12.1 Å². The lowest BCUT2D eigenvalue weighted by atomic mass is 9.78. The Morgan fingerprint density at radius 1 is 1.31 bits per heavy atom. The van der Waals surface area contributed by atoms with Crippen LogP contribution in [0, 0.1) is 0 Å². The molecular formula is C17H15BN4O4. The molecule has 0 saturated carbocycles. The number of ketones is 1. The predicted octanol–water partition coefficient (Wildman–Crippen LogP) is -0.202. The summed E-state index contributed by atoms with van der Waals surface area (Å²) in [6, 6.07) is 10.7. The molecule has 8 nitrogen and oxygen atoms in total. The molecule has 2 N–H and O–H groups in total. The number of fused-ring (bicyclic) bond motifs is 1. The van der Waals surface area contributed by atoms with Gasteiger partial charge in [-0.25, -0.2) is 4.98 Å². The molecule has 0 bridgehead atoms. The third kappa shape index (κ3) is 2.92. The minimum Gasteiger partial charge on any atom is -0.423 e. The smallest absolute Gasteiger partial charge is 0.423 e. The first-order chi connectivity index (χ1) is 12.7. The van der Waals surface area contributed by atoms with Crippen molar-refractivity contribution in [3.8, 4) is 5.82 Å². The number of carbonyl (C=O) groups is 1. The molecule has 1 aliphatic heterocycles. The van der Waals surface area contributed by atoms with Crippen molar-refractivity contribution in [3.05, 3.63) is 65.1 Å². The molecule has 4 rings (SSSR count). The van der Waals surface area contributed by atoms with E-state index in [0.717, 1.165) is 11.1 Å². The molecule has 0 unspecified atom stereocenters. The van der Waals surface area contributed by atoms with Crippen LogP contribution < -0.4 is 5.46 Å². The van der Waals surface area contributed by atoms with Gasteiger partial charge < -0.3 is 14.8 Å². The van der Waals surface area contributed by atoms with Crippen molar-refractivity contribution in [2.45, 2.75) is 19.6 Å². The zero-order valence-corrected chi connectivity index (χ0v) is 13.7.